The van der Waals surface area contributed by atoms with Gasteiger partial charge in [0, 0.05) is 49.6 Å². The van der Waals surface area contributed by atoms with Gasteiger partial charge in [0.2, 0.25) is 0 Å². The number of halogens is 2. The van der Waals surface area contributed by atoms with E-state index >= 15 is 0 Å². The molecule has 1 N–H and O–H groups in total. The number of hydrogen-bond acceptors (Lipinski definition) is 4. The van der Waals surface area contributed by atoms with E-state index in [0.717, 1.165) is 22.4 Å². The number of aromatic nitrogens is 2. The second-order valence-corrected chi connectivity index (χ2v) is 10.8. The van der Waals surface area contributed by atoms with Crippen LogP contribution in [0.5, 0.6) is 0 Å². The molecule has 3 heterocycles. The number of nitrogens with one attached hydrogen (secondary N) is 1. The predicted octanol–water partition coefficient (Wildman–Crippen LogP) is 6.44. The zero-order chi connectivity index (χ0) is 30.1. The van der Waals surface area contributed by atoms with Gasteiger partial charge in [0.1, 0.15) is 12.0 Å². The third-order valence-electron chi connectivity index (χ3n) is 7.63. The van der Waals surface area contributed by atoms with Gasteiger partial charge in [-0.15, -0.1) is 0 Å². The number of nitrogens with zero attached hydrogens (tertiary/aromatic N) is 3. The second kappa shape index (κ2) is 11.8. The zero-order valence-corrected chi connectivity index (χ0v) is 24.6. The molecule has 0 spiro atoms. The molecule has 42 heavy (non-hydrogen) atoms. The summed E-state index contributed by atoms with van der Waals surface area (Å²) in [7, 11) is 1.78. The van der Waals surface area contributed by atoms with Crippen molar-refractivity contribution in [3.63, 3.8) is 0 Å². The SMILES string of the molecule is C=C(/C=C(\C)[C@@H]1C(NCC)=C(C)CCN1C(=O)C1=C(C(C)F)C=C=C(c2cnn(C)c2)O1)c1cccc(F)c1C1=C[CH]1. The molecule has 6 nitrogen and oxygen atoms in total. The molecule has 0 saturated heterocycles. The van der Waals surface area contributed by atoms with Crippen molar-refractivity contribution in [1.29, 1.82) is 0 Å². The van der Waals surface area contributed by atoms with Gasteiger partial charge in [0.05, 0.1) is 17.8 Å². The summed E-state index contributed by atoms with van der Waals surface area (Å²) in [4.78, 5) is 16.0. The molecule has 0 bridgehead atoms. The highest BCUT2D eigenvalue weighted by Crippen LogP contribution is 2.38. The van der Waals surface area contributed by atoms with E-state index in [4.69, 9.17) is 4.74 Å². The van der Waals surface area contributed by atoms with E-state index in [2.05, 4.69) is 22.7 Å². The maximum Gasteiger partial charge on any atom is 0.290 e. The second-order valence-electron chi connectivity index (χ2n) is 10.8. The van der Waals surface area contributed by atoms with Gasteiger partial charge in [0.25, 0.3) is 5.91 Å². The Morgan fingerprint density at radius 3 is 2.79 bits per heavy atom. The topological polar surface area (TPSA) is 59.4 Å². The molecule has 8 heteroatoms. The molecule has 5 rings (SSSR count). The van der Waals surface area contributed by atoms with Gasteiger partial charge >= 0.3 is 0 Å². The molecular weight excluding hydrogens is 534 g/mol. The largest absolute Gasteiger partial charge is 0.442 e. The molecule has 1 unspecified atom stereocenters. The number of likely N-dealkylation sites (N-methyl/N-ethyl adjacent to an activating group) is 1. The van der Waals surface area contributed by atoms with Gasteiger partial charge in [-0.25, -0.2) is 8.78 Å². The van der Waals surface area contributed by atoms with Crippen LogP contribution in [0, 0.1) is 12.2 Å². The summed E-state index contributed by atoms with van der Waals surface area (Å²) < 4.78 is 37.3. The van der Waals surface area contributed by atoms with E-state index in [1.54, 1.807) is 35.1 Å². The number of hydrogen-bond donors (Lipinski definition) is 1. The number of alkyl halides is 1. The van der Waals surface area contributed by atoms with Crippen molar-refractivity contribution in [2.24, 2.45) is 7.05 Å². The van der Waals surface area contributed by atoms with Crippen molar-refractivity contribution in [1.82, 2.24) is 20.0 Å². The summed E-state index contributed by atoms with van der Waals surface area (Å²) in [6.45, 7) is 12.7. The smallest absolute Gasteiger partial charge is 0.290 e. The third-order valence-corrected chi connectivity index (χ3v) is 7.63. The van der Waals surface area contributed by atoms with Crippen LogP contribution in [0.1, 0.15) is 50.8 Å². The number of aryl methyl sites for hydroxylation is 1. The number of benzene rings is 1. The van der Waals surface area contributed by atoms with E-state index in [9.17, 15) is 13.6 Å². The zero-order valence-electron chi connectivity index (χ0n) is 24.6. The van der Waals surface area contributed by atoms with Crippen molar-refractivity contribution >= 4 is 22.8 Å². The Kier molecular flexibility index (Phi) is 8.19. The number of ether oxygens (including phenoxy) is 1. The average Bonchev–Trinajstić information content (AvgIpc) is 3.71. The standard InChI is InChI=1S/C34H35F2N4O2/c1-7-37-31-20(2)15-16-40(32(31)22(4)17-21(3)26-9-8-10-28(36)30(26)24-11-12-24)34(41)33-27(23(5)35)13-14-29(42-33)25-18-38-39(6)19-25/h8-13,17-19,23,32,37H,3,7,15-16H2,1-2,4-6H3/b22-17+/t23?,32-/m1/s1. The molecule has 2 atom stereocenters. The highest BCUT2D eigenvalue weighted by atomic mass is 19.1. The first-order valence-electron chi connectivity index (χ1n) is 14.1. The van der Waals surface area contributed by atoms with Gasteiger partial charge in [-0.1, -0.05) is 42.2 Å². The molecule has 1 aromatic heterocycles. The Bertz CT molecular complexity index is 1650. The highest BCUT2D eigenvalue weighted by Gasteiger charge is 2.37. The molecule has 1 amide bonds. The molecule has 2 aliphatic heterocycles. The van der Waals surface area contributed by atoms with E-state index in [1.165, 1.54) is 19.1 Å². The predicted molar refractivity (Wildman–Crippen MR) is 161 cm³/mol. The molecule has 1 radical (unpaired) electrons. The molecule has 0 saturated carbocycles. The first-order valence-corrected chi connectivity index (χ1v) is 14.1. The Balaban J connectivity index is 1.53. The third kappa shape index (κ3) is 5.68. The van der Waals surface area contributed by atoms with Crippen LogP contribution < -0.4 is 5.32 Å². The minimum atomic E-state index is -1.45. The lowest BCUT2D eigenvalue weighted by molar-refractivity contribution is -0.131. The van der Waals surface area contributed by atoms with E-state index in [-0.39, 0.29) is 17.1 Å². The van der Waals surface area contributed by atoms with Crippen molar-refractivity contribution < 1.29 is 18.3 Å². The van der Waals surface area contributed by atoms with Crippen LogP contribution in [-0.2, 0) is 16.6 Å². The lowest BCUT2D eigenvalue weighted by Crippen LogP contribution is -2.49. The fraction of sp³-hybridized carbons (Fsp3) is 0.294. The lowest BCUT2D eigenvalue weighted by atomic mass is 9.90. The number of carbonyl (C=O) groups is 1. The number of allylic oxidation sites excluding steroid dienone is 6. The lowest BCUT2D eigenvalue weighted by Gasteiger charge is -2.40. The molecular formula is C34H35F2N4O2. The van der Waals surface area contributed by atoms with Crippen LogP contribution in [0.15, 0.2) is 89.3 Å². The molecule has 1 aromatic carbocycles. The van der Waals surface area contributed by atoms with Crippen molar-refractivity contribution in [2.75, 3.05) is 13.1 Å². The van der Waals surface area contributed by atoms with Gasteiger partial charge < -0.3 is 15.0 Å². The Morgan fingerprint density at radius 1 is 1.38 bits per heavy atom. The summed E-state index contributed by atoms with van der Waals surface area (Å²) >= 11 is 0. The van der Waals surface area contributed by atoms with Crippen LogP contribution in [0.2, 0.25) is 0 Å². The first-order chi connectivity index (χ1) is 20.1. The summed E-state index contributed by atoms with van der Waals surface area (Å²) in [5, 5.41) is 7.64. The summed E-state index contributed by atoms with van der Waals surface area (Å²) in [5.41, 5.74) is 9.28. The highest BCUT2D eigenvalue weighted by molar-refractivity contribution is 5.96. The molecule has 2 aromatic rings. The number of amides is 1. The van der Waals surface area contributed by atoms with E-state index in [1.807, 2.05) is 45.4 Å². The summed E-state index contributed by atoms with van der Waals surface area (Å²) in [6, 6.07) is 4.47. The molecule has 3 aliphatic rings. The summed E-state index contributed by atoms with van der Waals surface area (Å²) in [5.74, 6) is -0.506. The molecule has 217 valence electrons. The molecule has 0 fully saturated rings. The van der Waals surface area contributed by atoms with E-state index in [0.29, 0.717) is 47.5 Å². The van der Waals surface area contributed by atoms with Crippen LogP contribution in [0.25, 0.3) is 16.9 Å². The van der Waals surface area contributed by atoms with Gasteiger partial charge in [-0.3, -0.25) is 9.48 Å². The van der Waals surface area contributed by atoms with Gasteiger partial charge in [-0.05, 0) is 68.5 Å². The van der Waals surface area contributed by atoms with Crippen LogP contribution in [0.3, 0.4) is 0 Å². The fourth-order valence-corrected chi connectivity index (χ4v) is 5.47. The van der Waals surface area contributed by atoms with Gasteiger partial charge in [-0.2, -0.15) is 5.10 Å². The van der Waals surface area contributed by atoms with Crippen molar-refractivity contribution in [3.05, 3.63) is 118 Å². The normalized spacial score (nSPS) is 19.4. The van der Waals surface area contributed by atoms with Crippen molar-refractivity contribution in [2.45, 2.75) is 46.3 Å². The Labute approximate surface area is 245 Å². The minimum Gasteiger partial charge on any atom is -0.442 e. The first kappa shape index (κ1) is 29.1. The quantitative estimate of drug-likeness (QED) is 0.279. The minimum absolute atomic E-state index is 0.0711. The Hall–Kier alpha value is -4.42. The van der Waals surface area contributed by atoms with E-state index < -0.39 is 18.1 Å². The van der Waals surface area contributed by atoms with Crippen LogP contribution in [0.4, 0.5) is 8.78 Å². The summed E-state index contributed by atoms with van der Waals surface area (Å²) in [6.07, 6.45) is 9.67. The van der Waals surface area contributed by atoms with Crippen LogP contribution in [-0.4, -0.2) is 45.9 Å². The Morgan fingerprint density at radius 2 is 2.14 bits per heavy atom. The maximum absolute atomic E-state index is 14.8. The fourth-order valence-electron chi connectivity index (χ4n) is 5.47. The maximum atomic E-state index is 14.8. The van der Waals surface area contributed by atoms with Gasteiger partial charge in [0.15, 0.2) is 11.5 Å². The average molecular weight is 570 g/mol. The van der Waals surface area contributed by atoms with Crippen molar-refractivity contribution in [3.8, 4) is 0 Å². The monoisotopic (exact) mass is 569 g/mol. The number of carbonyl (C=O) groups excluding carboxylic acids is 1. The molecule has 1 aliphatic carbocycles. The van der Waals surface area contributed by atoms with Crippen LogP contribution >= 0.6 is 0 Å². The number of rotatable bonds is 9.